The Kier molecular flexibility index (Phi) is 6.75. The fourth-order valence-corrected chi connectivity index (χ4v) is 5.75. The predicted molar refractivity (Wildman–Crippen MR) is 128 cm³/mol. The number of esters is 1. The fourth-order valence-electron chi connectivity index (χ4n) is 3.98. The smallest absolute Gasteiger partial charge is 0.352 e. The summed E-state index contributed by atoms with van der Waals surface area (Å²) in [5.74, 6) is -3.05. The normalized spacial score (nSPS) is 23.3. The van der Waals surface area contributed by atoms with E-state index in [9.17, 15) is 24.3 Å². The van der Waals surface area contributed by atoms with Crippen LogP contribution < -0.4 is 15.6 Å². The highest BCUT2D eigenvalue weighted by molar-refractivity contribution is 8.00. The lowest BCUT2D eigenvalue weighted by molar-refractivity contribution is -0.689. The number of carbonyl (C=O) groups is 4. The van der Waals surface area contributed by atoms with Gasteiger partial charge in [0.1, 0.15) is 17.1 Å². The van der Waals surface area contributed by atoms with Gasteiger partial charge in [-0.15, -0.1) is 11.8 Å². The zero-order valence-corrected chi connectivity index (χ0v) is 20.6. The SMILES string of the molecule is Nc1nc(/C(=N/OC2CCOC2=O)C(=O)NC2C(=O)N3C(C(=O)O)=C(C[n+]4ccccc4)CS[C@H]23)ns1. The number of amides is 2. The minimum atomic E-state index is -1.23. The number of cyclic esters (lactones) is 1. The molecule has 192 valence electrons. The van der Waals surface area contributed by atoms with Gasteiger partial charge in [-0.25, -0.2) is 14.2 Å². The van der Waals surface area contributed by atoms with Crippen molar-refractivity contribution in [2.45, 2.75) is 30.5 Å². The molecule has 0 aromatic carbocycles. The number of hydrogen-bond acceptors (Lipinski definition) is 12. The lowest BCUT2D eigenvalue weighted by Gasteiger charge is -2.49. The number of thioether (sulfide) groups is 1. The molecular formula is C21H20N7O7S2+. The standard InChI is InChI=1S/C21H19N7O7S2/c22-21-24-15(26-37-21)12(25-35-11-4-7-34-20(11)33)16(29)23-13-17(30)28-14(19(31)32)10(9-36-18(13)28)8-27-5-2-1-3-6-27/h1-3,5-6,11,13,18H,4,7-9H2,(H3-,22,23,24,26,29,31,32)/p+1/b25-12-/t11?,13?,18-/m1/s1. The molecule has 2 amide bonds. The summed E-state index contributed by atoms with van der Waals surface area (Å²) in [6.07, 6.45) is 2.87. The number of carboxylic acids is 1. The molecule has 3 aliphatic rings. The van der Waals surface area contributed by atoms with Crippen LogP contribution in [0.5, 0.6) is 0 Å². The number of nitrogens with one attached hydrogen (secondary N) is 1. The number of anilines is 1. The second-order valence-corrected chi connectivity index (χ2v) is 10.0. The molecule has 0 aliphatic carbocycles. The van der Waals surface area contributed by atoms with E-state index in [4.69, 9.17) is 15.3 Å². The van der Waals surface area contributed by atoms with Crippen LogP contribution in [-0.4, -0.2) is 78.7 Å². The molecule has 14 nitrogen and oxygen atoms in total. The number of pyridine rings is 1. The van der Waals surface area contributed by atoms with Gasteiger partial charge < -0.3 is 25.7 Å². The van der Waals surface area contributed by atoms with Crippen molar-refractivity contribution in [1.82, 2.24) is 19.6 Å². The maximum absolute atomic E-state index is 13.1. The topological polar surface area (TPSA) is 190 Å². The van der Waals surface area contributed by atoms with E-state index >= 15 is 0 Å². The molecule has 0 saturated carbocycles. The number of oxime groups is 1. The Morgan fingerprint density at radius 1 is 1.32 bits per heavy atom. The zero-order chi connectivity index (χ0) is 26.1. The summed E-state index contributed by atoms with van der Waals surface area (Å²) >= 11 is 2.16. The number of aromatic nitrogens is 3. The molecule has 2 unspecified atom stereocenters. The number of nitrogens with two attached hydrogens (primary N) is 1. The summed E-state index contributed by atoms with van der Waals surface area (Å²) in [7, 11) is 0. The van der Waals surface area contributed by atoms with Gasteiger partial charge in [0.15, 0.2) is 24.1 Å². The van der Waals surface area contributed by atoms with Crippen LogP contribution in [0.15, 0.2) is 47.0 Å². The van der Waals surface area contributed by atoms with Crippen molar-refractivity contribution in [1.29, 1.82) is 0 Å². The molecule has 4 N–H and O–H groups in total. The average molecular weight is 547 g/mol. The first-order valence-electron chi connectivity index (χ1n) is 11.0. The van der Waals surface area contributed by atoms with Crippen LogP contribution >= 0.6 is 23.3 Å². The second kappa shape index (κ2) is 10.1. The maximum Gasteiger partial charge on any atom is 0.352 e. The van der Waals surface area contributed by atoms with E-state index in [1.165, 1.54) is 16.7 Å². The lowest BCUT2D eigenvalue weighted by atomic mass is 10.0. The Morgan fingerprint density at radius 3 is 2.76 bits per heavy atom. The predicted octanol–water partition coefficient (Wildman–Crippen LogP) is -1.12. The third kappa shape index (κ3) is 4.84. The van der Waals surface area contributed by atoms with Crippen molar-refractivity contribution in [3.05, 3.63) is 47.7 Å². The molecule has 16 heteroatoms. The van der Waals surface area contributed by atoms with Gasteiger partial charge in [-0.1, -0.05) is 11.2 Å². The largest absolute Gasteiger partial charge is 0.477 e. The number of ether oxygens (including phenoxy) is 1. The highest BCUT2D eigenvalue weighted by Gasteiger charge is 2.55. The summed E-state index contributed by atoms with van der Waals surface area (Å²) in [6.45, 7) is 0.468. The summed E-state index contributed by atoms with van der Waals surface area (Å²) in [6, 6.07) is 4.47. The highest BCUT2D eigenvalue weighted by Crippen LogP contribution is 2.40. The average Bonchev–Trinajstić information content (AvgIpc) is 3.50. The van der Waals surface area contributed by atoms with Gasteiger partial charge in [0.25, 0.3) is 11.8 Å². The Morgan fingerprint density at radius 2 is 2.11 bits per heavy atom. The number of nitrogen functional groups attached to an aromatic ring is 1. The Hall–Kier alpha value is -4.05. The minimum Gasteiger partial charge on any atom is -0.477 e. The number of hydrogen-bond donors (Lipinski definition) is 3. The van der Waals surface area contributed by atoms with E-state index in [0.717, 1.165) is 11.5 Å². The lowest BCUT2D eigenvalue weighted by Crippen LogP contribution is -2.71. The molecule has 2 aromatic heterocycles. The molecule has 2 aromatic rings. The van der Waals surface area contributed by atoms with E-state index in [1.807, 2.05) is 22.8 Å². The highest BCUT2D eigenvalue weighted by atomic mass is 32.2. The van der Waals surface area contributed by atoms with E-state index in [2.05, 4.69) is 19.8 Å². The van der Waals surface area contributed by atoms with Gasteiger partial charge in [-0.2, -0.15) is 9.36 Å². The van der Waals surface area contributed by atoms with Crippen LogP contribution in [0.2, 0.25) is 0 Å². The molecule has 2 fully saturated rings. The molecule has 2 saturated heterocycles. The third-order valence-electron chi connectivity index (χ3n) is 5.71. The van der Waals surface area contributed by atoms with E-state index in [0.29, 0.717) is 17.9 Å². The van der Waals surface area contributed by atoms with Crippen LogP contribution in [0.4, 0.5) is 5.13 Å². The van der Waals surface area contributed by atoms with Crippen LogP contribution in [0.25, 0.3) is 0 Å². The first-order valence-corrected chi connectivity index (χ1v) is 12.8. The van der Waals surface area contributed by atoms with E-state index < -0.39 is 41.3 Å². The summed E-state index contributed by atoms with van der Waals surface area (Å²) < 4.78 is 10.6. The van der Waals surface area contributed by atoms with Gasteiger partial charge in [0.2, 0.25) is 17.6 Å². The van der Waals surface area contributed by atoms with Crippen molar-refractivity contribution < 1.29 is 38.4 Å². The molecule has 0 spiro atoms. The minimum absolute atomic E-state index is 0.0737. The van der Waals surface area contributed by atoms with E-state index in [-0.39, 0.29) is 35.4 Å². The molecule has 5 rings (SSSR count). The Labute approximate surface area is 217 Å². The van der Waals surface area contributed by atoms with Crippen LogP contribution in [-0.2, 0) is 35.3 Å². The molecule has 0 bridgehead atoms. The number of nitrogens with zero attached hydrogens (tertiary/aromatic N) is 5. The van der Waals surface area contributed by atoms with Crippen molar-refractivity contribution in [2.24, 2.45) is 5.16 Å². The number of aliphatic carboxylic acids is 1. The van der Waals surface area contributed by atoms with Crippen LogP contribution in [0, 0.1) is 0 Å². The summed E-state index contributed by atoms with van der Waals surface area (Å²) in [5, 5.41) is 15.7. The van der Waals surface area contributed by atoms with Gasteiger partial charge in [-0.3, -0.25) is 14.5 Å². The number of carbonyl (C=O) groups excluding carboxylic acids is 3. The molecule has 3 atom stereocenters. The second-order valence-electron chi connectivity index (χ2n) is 8.11. The van der Waals surface area contributed by atoms with Gasteiger partial charge in [0.05, 0.1) is 6.61 Å². The first kappa shape index (κ1) is 24.6. The van der Waals surface area contributed by atoms with Gasteiger partial charge >= 0.3 is 11.9 Å². The first-order chi connectivity index (χ1) is 17.8. The van der Waals surface area contributed by atoms with Crippen molar-refractivity contribution in [2.75, 3.05) is 18.1 Å². The molecule has 0 radical (unpaired) electrons. The van der Waals surface area contributed by atoms with Crippen molar-refractivity contribution in [3.63, 3.8) is 0 Å². The zero-order valence-electron chi connectivity index (χ0n) is 19.0. The van der Waals surface area contributed by atoms with Crippen molar-refractivity contribution >= 4 is 57.9 Å². The fraction of sp³-hybridized carbons (Fsp3) is 0.333. The Balaban J connectivity index is 1.34. The number of β-lactam (4-membered cyclic amide) rings is 1. The molecule has 3 aliphatic heterocycles. The summed E-state index contributed by atoms with van der Waals surface area (Å²) in [5.41, 5.74) is 5.73. The number of carboxylic acid groups (broad SMARTS) is 1. The monoisotopic (exact) mass is 546 g/mol. The quantitative estimate of drug-likeness (QED) is 0.120. The van der Waals surface area contributed by atoms with Crippen LogP contribution in [0.1, 0.15) is 12.2 Å². The molecule has 37 heavy (non-hydrogen) atoms. The van der Waals surface area contributed by atoms with Gasteiger partial charge in [0, 0.05) is 41.4 Å². The van der Waals surface area contributed by atoms with Gasteiger partial charge in [-0.05, 0) is 0 Å². The van der Waals surface area contributed by atoms with E-state index in [1.54, 1.807) is 12.4 Å². The number of fused-ring (bicyclic) bond motifs is 1. The van der Waals surface area contributed by atoms with Crippen LogP contribution in [0.3, 0.4) is 0 Å². The van der Waals surface area contributed by atoms with Crippen molar-refractivity contribution in [3.8, 4) is 0 Å². The summed E-state index contributed by atoms with van der Waals surface area (Å²) in [4.78, 5) is 60.2. The Bertz CT molecular complexity index is 1330. The molecular weight excluding hydrogens is 526 g/mol. The maximum atomic E-state index is 13.1. The molecule has 5 heterocycles. The third-order valence-corrected chi connectivity index (χ3v) is 7.60. The number of rotatable bonds is 8.